The van der Waals surface area contributed by atoms with Gasteiger partial charge in [0.1, 0.15) is 11.9 Å². The van der Waals surface area contributed by atoms with Gasteiger partial charge in [-0.05, 0) is 18.9 Å². The lowest BCUT2D eigenvalue weighted by atomic mass is 10.2. The summed E-state index contributed by atoms with van der Waals surface area (Å²) in [6.07, 6.45) is 6.89. The first-order chi connectivity index (χ1) is 6.33. The molecule has 0 aliphatic heterocycles. The summed E-state index contributed by atoms with van der Waals surface area (Å²) in [6.45, 7) is 0. The molecule has 1 aliphatic carbocycles. The Morgan fingerprint density at radius 2 is 2.15 bits per heavy atom. The van der Waals surface area contributed by atoms with Crippen LogP contribution in [0.5, 0.6) is 0 Å². The van der Waals surface area contributed by atoms with Gasteiger partial charge < -0.3 is 10.3 Å². The molecule has 0 bridgehead atoms. The Morgan fingerprint density at radius 1 is 1.46 bits per heavy atom. The van der Waals surface area contributed by atoms with Crippen LogP contribution in [0.1, 0.15) is 37.3 Å². The maximum Gasteiger partial charge on any atom is 0.121 e. The molecule has 1 aliphatic rings. The number of nitrogens with zero attached hydrogens (tertiary/aromatic N) is 2. The minimum atomic E-state index is 0.530. The van der Waals surface area contributed by atoms with Crippen molar-refractivity contribution in [3.05, 3.63) is 17.8 Å². The van der Waals surface area contributed by atoms with Gasteiger partial charge in [0.05, 0.1) is 5.56 Å². The highest BCUT2D eigenvalue weighted by Gasteiger charge is 2.19. The van der Waals surface area contributed by atoms with E-state index in [2.05, 4.69) is 6.07 Å². The van der Waals surface area contributed by atoms with E-state index in [0.717, 1.165) is 0 Å². The molecule has 0 radical (unpaired) electrons. The van der Waals surface area contributed by atoms with Gasteiger partial charge in [-0.1, -0.05) is 12.8 Å². The second-order valence-corrected chi connectivity index (χ2v) is 3.57. The van der Waals surface area contributed by atoms with Crippen LogP contribution in [0.25, 0.3) is 0 Å². The van der Waals surface area contributed by atoms with Crippen LogP contribution >= 0.6 is 0 Å². The molecule has 1 aromatic rings. The summed E-state index contributed by atoms with van der Waals surface area (Å²) in [4.78, 5) is 0. The monoisotopic (exact) mass is 175 g/mol. The SMILES string of the molecule is N#Cc1ccn(C2CCCC2)c1N. The summed E-state index contributed by atoms with van der Waals surface area (Å²) in [6, 6.07) is 4.42. The Labute approximate surface area is 77.8 Å². The van der Waals surface area contributed by atoms with E-state index in [1.807, 2.05) is 10.8 Å². The van der Waals surface area contributed by atoms with Gasteiger partial charge in [0.2, 0.25) is 0 Å². The van der Waals surface area contributed by atoms with Gasteiger partial charge in [0, 0.05) is 12.2 Å². The molecule has 1 aromatic heterocycles. The van der Waals surface area contributed by atoms with E-state index >= 15 is 0 Å². The highest BCUT2D eigenvalue weighted by molar-refractivity contribution is 5.50. The number of hydrogen-bond acceptors (Lipinski definition) is 2. The van der Waals surface area contributed by atoms with Crippen LogP contribution in [0.15, 0.2) is 12.3 Å². The zero-order valence-corrected chi connectivity index (χ0v) is 7.53. The molecular formula is C10H13N3. The third kappa shape index (κ3) is 1.29. The van der Waals surface area contributed by atoms with E-state index in [0.29, 0.717) is 17.4 Å². The van der Waals surface area contributed by atoms with Crippen LogP contribution in [-0.4, -0.2) is 4.57 Å². The average molecular weight is 175 g/mol. The fourth-order valence-electron chi connectivity index (χ4n) is 2.05. The van der Waals surface area contributed by atoms with E-state index in [4.69, 9.17) is 11.0 Å². The van der Waals surface area contributed by atoms with Crippen molar-refractivity contribution in [3.8, 4) is 6.07 Å². The summed E-state index contributed by atoms with van der Waals surface area (Å²) in [5, 5.41) is 8.73. The standard InChI is InChI=1S/C10H13N3/c11-7-8-5-6-13(10(8)12)9-3-1-2-4-9/h5-6,9H,1-4,12H2. The van der Waals surface area contributed by atoms with Gasteiger partial charge in [-0.3, -0.25) is 0 Å². The lowest BCUT2D eigenvalue weighted by Crippen LogP contribution is -2.07. The first kappa shape index (κ1) is 8.18. The third-order valence-electron chi connectivity index (χ3n) is 2.79. The molecule has 0 spiro atoms. The summed E-state index contributed by atoms with van der Waals surface area (Å²) in [7, 11) is 0. The Kier molecular flexibility index (Phi) is 1.97. The molecule has 1 heterocycles. The Balaban J connectivity index is 2.30. The average Bonchev–Trinajstić information content (AvgIpc) is 2.72. The highest BCUT2D eigenvalue weighted by Crippen LogP contribution is 2.32. The van der Waals surface area contributed by atoms with Crippen LogP contribution in [0, 0.1) is 11.3 Å². The maximum atomic E-state index is 8.73. The van der Waals surface area contributed by atoms with E-state index < -0.39 is 0 Å². The number of nitrogens with two attached hydrogens (primary N) is 1. The second kappa shape index (κ2) is 3.14. The van der Waals surface area contributed by atoms with Crippen LogP contribution in [0.3, 0.4) is 0 Å². The van der Waals surface area contributed by atoms with Crippen molar-refractivity contribution in [1.29, 1.82) is 5.26 Å². The predicted octanol–water partition coefficient (Wildman–Crippen LogP) is 2.06. The van der Waals surface area contributed by atoms with Crippen LogP contribution in [0.2, 0.25) is 0 Å². The Hall–Kier alpha value is -1.43. The van der Waals surface area contributed by atoms with Crippen molar-refractivity contribution in [2.75, 3.05) is 5.73 Å². The number of aromatic nitrogens is 1. The largest absolute Gasteiger partial charge is 0.384 e. The maximum absolute atomic E-state index is 8.73. The molecule has 3 nitrogen and oxygen atoms in total. The van der Waals surface area contributed by atoms with Gasteiger partial charge in [-0.15, -0.1) is 0 Å². The summed E-state index contributed by atoms with van der Waals surface area (Å²) >= 11 is 0. The molecule has 0 amide bonds. The van der Waals surface area contributed by atoms with Crippen molar-refractivity contribution in [2.24, 2.45) is 0 Å². The molecule has 1 fully saturated rings. The van der Waals surface area contributed by atoms with E-state index in [1.165, 1.54) is 25.7 Å². The molecule has 1 saturated carbocycles. The lowest BCUT2D eigenvalue weighted by molar-refractivity contribution is 0.527. The predicted molar refractivity (Wildman–Crippen MR) is 51.1 cm³/mol. The highest BCUT2D eigenvalue weighted by atomic mass is 15.1. The number of nitriles is 1. The molecule has 0 atom stereocenters. The van der Waals surface area contributed by atoms with E-state index in [9.17, 15) is 0 Å². The molecular weight excluding hydrogens is 162 g/mol. The van der Waals surface area contributed by atoms with Crippen LogP contribution in [0.4, 0.5) is 5.82 Å². The lowest BCUT2D eigenvalue weighted by Gasteiger charge is -2.13. The topological polar surface area (TPSA) is 54.7 Å². The zero-order chi connectivity index (χ0) is 9.26. The van der Waals surface area contributed by atoms with Crippen molar-refractivity contribution in [1.82, 2.24) is 4.57 Å². The minimum Gasteiger partial charge on any atom is -0.384 e. The van der Waals surface area contributed by atoms with Gasteiger partial charge in [-0.25, -0.2) is 0 Å². The third-order valence-corrected chi connectivity index (χ3v) is 2.79. The molecule has 0 unspecified atom stereocenters. The molecule has 0 saturated heterocycles. The number of nitrogen functional groups attached to an aromatic ring is 1. The minimum absolute atomic E-state index is 0.530. The fraction of sp³-hybridized carbons (Fsp3) is 0.500. The van der Waals surface area contributed by atoms with Crippen LogP contribution in [-0.2, 0) is 0 Å². The Morgan fingerprint density at radius 3 is 2.69 bits per heavy atom. The second-order valence-electron chi connectivity index (χ2n) is 3.57. The quantitative estimate of drug-likeness (QED) is 0.710. The van der Waals surface area contributed by atoms with Crippen molar-refractivity contribution in [2.45, 2.75) is 31.7 Å². The number of rotatable bonds is 1. The summed E-state index contributed by atoms with van der Waals surface area (Å²) < 4.78 is 2.05. The number of anilines is 1. The van der Waals surface area contributed by atoms with Gasteiger partial charge in [0.25, 0.3) is 0 Å². The van der Waals surface area contributed by atoms with Crippen molar-refractivity contribution >= 4 is 5.82 Å². The molecule has 2 rings (SSSR count). The molecule has 3 heteroatoms. The summed E-state index contributed by atoms with van der Waals surface area (Å²) in [5.41, 5.74) is 6.44. The first-order valence-electron chi connectivity index (χ1n) is 4.69. The Bertz CT molecular complexity index is 340. The van der Waals surface area contributed by atoms with Crippen molar-refractivity contribution in [3.63, 3.8) is 0 Å². The fourth-order valence-corrected chi connectivity index (χ4v) is 2.05. The van der Waals surface area contributed by atoms with Gasteiger partial charge in [0.15, 0.2) is 0 Å². The smallest absolute Gasteiger partial charge is 0.121 e. The van der Waals surface area contributed by atoms with Gasteiger partial charge >= 0.3 is 0 Å². The normalized spacial score (nSPS) is 17.5. The van der Waals surface area contributed by atoms with E-state index in [-0.39, 0.29) is 0 Å². The molecule has 13 heavy (non-hydrogen) atoms. The van der Waals surface area contributed by atoms with E-state index in [1.54, 1.807) is 6.07 Å². The number of hydrogen-bond donors (Lipinski definition) is 1. The van der Waals surface area contributed by atoms with Gasteiger partial charge in [-0.2, -0.15) is 5.26 Å². The summed E-state index contributed by atoms with van der Waals surface area (Å²) in [5.74, 6) is 0.634. The van der Waals surface area contributed by atoms with Crippen molar-refractivity contribution < 1.29 is 0 Å². The first-order valence-corrected chi connectivity index (χ1v) is 4.69. The molecule has 0 aromatic carbocycles. The van der Waals surface area contributed by atoms with Crippen LogP contribution < -0.4 is 5.73 Å². The molecule has 2 N–H and O–H groups in total. The molecule has 68 valence electrons. The zero-order valence-electron chi connectivity index (χ0n) is 7.53.